The van der Waals surface area contributed by atoms with E-state index < -0.39 is 19.5 Å². The lowest BCUT2D eigenvalue weighted by Crippen LogP contribution is -2.34. The summed E-state index contributed by atoms with van der Waals surface area (Å²) in [5.74, 6) is -1.12. The normalized spacial score (nSPS) is 16.1. The van der Waals surface area contributed by atoms with Crippen LogP contribution in [0.3, 0.4) is 0 Å². The number of hydrogen-bond donors (Lipinski definition) is 3. The van der Waals surface area contributed by atoms with Crippen molar-refractivity contribution in [3.05, 3.63) is 35.9 Å². The SMILES string of the molecule is CCC(NP(=O)(O)Cc1ccccc1)C(=O)O. The maximum atomic E-state index is 11.8. The summed E-state index contributed by atoms with van der Waals surface area (Å²) in [6, 6.07) is 7.81. The molecule has 0 aliphatic rings. The Morgan fingerprint density at radius 2 is 2.00 bits per heavy atom. The highest BCUT2D eigenvalue weighted by Gasteiger charge is 2.26. The number of hydrogen-bond acceptors (Lipinski definition) is 2. The Labute approximate surface area is 100.0 Å². The van der Waals surface area contributed by atoms with Gasteiger partial charge in [0.05, 0.1) is 6.16 Å². The lowest BCUT2D eigenvalue weighted by molar-refractivity contribution is -0.139. The molecule has 0 saturated heterocycles. The number of nitrogens with one attached hydrogen (secondary N) is 1. The molecule has 17 heavy (non-hydrogen) atoms. The second-order valence-corrected chi connectivity index (χ2v) is 5.75. The Morgan fingerprint density at radius 3 is 2.47 bits per heavy atom. The van der Waals surface area contributed by atoms with Crippen LogP contribution in [0.1, 0.15) is 18.9 Å². The van der Waals surface area contributed by atoms with E-state index in [2.05, 4.69) is 5.09 Å². The summed E-state index contributed by atoms with van der Waals surface area (Å²) in [5.41, 5.74) is 0.700. The molecule has 2 atom stereocenters. The standard InChI is InChI=1S/C11H16NO4P/c1-2-10(11(13)14)12-17(15,16)8-9-6-4-3-5-7-9/h3-7,10H,2,8H2,1H3,(H,13,14)(H2,12,15,16). The molecule has 0 saturated carbocycles. The molecule has 0 aliphatic carbocycles. The van der Waals surface area contributed by atoms with Crippen molar-refractivity contribution in [3.8, 4) is 0 Å². The summed E-state index contributed by atoms with van der Waals surface area (Å²) in [4.78, 5) is 20.5. The molecule has 0 fully saturated rings. The Balaban J connectivity index is 2.69. The van der Waals surface area contributed by atoms with Crippen molar-refractivity contribution in [2.45, 2.75) is 25.5 Å². The highest BCUT2D eigenvalue weighted by molar-refractivity contribution is 7.55. The van der Waals surface area contributed by atoms with Crippen molar-refractivity contribution in [2.24, 2.45) is 0 Å². The topological polar surface area (TPSA) is 86.6 Å². The summed E-state index contributed by atoms with van der Waals surface area (Å²) in [6.07, 6.45) is 0.187. The van der Waals surface area contributed by atoms with E-state index in [0.29, 0.717) is 5.56 Å². The number of carboxylic acid groups (broad SMARTS) is 1. The Kier molecular flexibility index (Phi) is 4.87. The summed E-state index contributed by atoms with van der Waals surface area (Å²) in [5, 5.41) is 11.1. The summed E-state index contributed by atoms with van der Waals surface area (Å²) in [7, 11) is -3.67. The van der Waals surface area contributed by atoms with Crippen molar-refractivity contribution >= 4 is 13.5 Å². The fourth-order valence-electron chi connectivity index (χ4n) is 1.44. The molecular formula is C11H16NO4P. The van der Waals surface area contributed by atoms with Crippen LogP contribution in [0.25, 0.3) is 0 Å². The fourth-order valence-corrected chi connectivity index (χ4v) is 3.02. The maximum absolute atomic E-state index is 11.8. The molecule has 0 heterocycles. The van der Waals surface area contributed by atoms with Crippen molar-refractivity contribution in [1.29, 1.82) is 0 Å². The average molecular weight is 257 g/mol. The van der Waals surface area contributed by atoms with E-state index in [0.717, 1.165) is 0 Å². The van der Waals surface area contributed by atoms with Crippen molar-refractivity contribution in [1.82, 2.24) is 5.09 Å². The van der Waals surface area contributed by atoms with Gasteiger partial charge in [-0.25, -0.2) is 5.09 Å². The maximum Gasteiger partial charge on any atom is 0.321 e. The first-order chi connectivity index (χ1) is 7.94. The number of carboxylic acids is 1. The first kappa shape index (κ1) is 13.9. The van der Waals surface area contributed by atoms with Crippen LogP contribution in [0, 0.1) is 0 Å². The zero-order chi connectivity index (χ0) is 12.9. The van der Waals surface area contributed by atoms with Crippen LogP contribution in [0.2, 0.25) is 0 Å². The van der Waals surface area contributed by atoms with E-state index in [9.17, 15) is 14.3 Å². The first-order valence-corrected chi connectivity index (χ1v) is 7.15. The van der Waals surface area contributed by atoms with E-state index in [-0.39, 0.29) is 12.6 Å². The van der Waals surface area contributed by atoms with Gasteiger partial charge in [0.25, 0.3) is 7.52 Å². The predicted molar refractivity (Wildman–Crippen MR) is 64.8 cm³/mol. The molecule has 0 amide bonds. The molecule has 3 N–H and O–H groups in total. The van der Waals surface area contributed by atoms with Gasteiger partial charge in [0.15, 0.2) is 0 Å². The van der Waals surface area contributed by atoms with Gasteiger partial charge in [0, 0.05) is 0 Å². The molecule has 1 aromatic rings. The van der Waals surface area contributed by atoms with E-state index in [1.165, 1.54) is 0 Å². The number of benzene rings is 1. The molecule has 0 aliphatic heterocycles. The van der Waals surface area contributed by atoms with Gasteiger partial charge < -0.3 is 10.00 Å². The second-order valence-electron chi connectivity index (χ2n) is 3.77. The molecule has 1 aromatic carbocycles. The van der Waals surface area contributed by atoms with Crippen LogP contribution in [-0.2, 0) is 15.5 Å². The first-order valence-electron chi connectivity index (χ1n) is 5.31. The monoisotopic (exact) mass is 257 g/mol. The number of rotatable bonds is 6. The third kappa shape index (κ3) is 4.69. The highest BCUT2D eigenvalue weighted by atomic mass is 31.2. The van der Waals surface area contributed by atoms with Crippen LogP contribution in [0.4, 0.5) is 0 Å². The molecule has 0 bridgehead atoms. The van der Waals surface area contributed by atoms with E-state index >= 15 is 0 Å². The van der Waals surface area contributed by atoms with Gasteiger partial charge in [0.2, 0.25) is 0 Å². The molecule has 6 heteroatoms. The van der Waals surface area contributed by atoms with Gasteiger partial charge in [-0.1, -0.05) is 37.3 Å². The number of carbonyl (C=O) groups is 1. The summed E-state index contributed by atoms with van der Waals surface area (Å²) < 4.78 is 11.8. The quantitative estimate of drug-likeness (QED) is 0.677. The zero-order valence-corrected chi connectivity index (χ0v) is 10.4. The minimum absolute atomic E-state index is 0.0718. The third-order valence-corrected chi connectivity index (χ3v) is 3.81. The van der Waals surface area contributed by atoms with Crippen LogP contribution in [0.15, 0.2) is 30.3 Å². The second kappa shape index (κ2) is 5.96. The molecule has 5 nitrogen and oxygen atoms in total. The Bertz CT molecular complexity index is 421. The molecular weight excluding hydrogens is 241 g/mol. The van der Waals surface area contributed by atoms with Crippen molar-refractivity contribution in [3.63, 3.8) is 0 Å². The van der Waals surface area contributed by atoms with E-state index in [4.69, 9.17) is 5.11 Å². The van der Waals surface area contributed by atoms with Gasteiger partial charge in [0.1, 0.15) is 6.04 Å². The molecule has 0 spiro atoms. The van der Waals surface area contributed by atoms with Gasteiger partial charge in [-0.3, -0.25) is 9.36 Å². The van der Waals surface area contributed by atoms with Crippen LogP contribution in [-0.4, -0.2) is 22.0 Å². The highest BCUT2D eigenvalue weighted by Crippen LogP contribution is 2.40. The molecule has 0 aromatic heterocycles. The van der Waals surface area contributed by atoms with Gasteiger partial charge in [-0.2, -0.15) is 0 Å². The van der Waals surface area contributed by atoms with E-state index in [1.54, 1.807) is 31.2 Å². The molecule has 2 unspecified atom stereocenters. The van der Waals surface area contributed by atoms with Crippen LogP contribution < -0.4 is 5.09 Å². The summed E-state index contributed by atoms with van der Waals surface area (Å²) in [6.45, 7) is 1.65. The van der Waals surface area contributed by atoms with Gasteiger partial charge >= 0.3 is 5.97 Å². The zero-order valence-electron chi connectivity index (χ0n) is 9.54. The lowest BCUT2D eigenvalue weighted by atomic mass is 10.2. The van der Waals surface area contributed by atoms with Crippen molar-refractivity contribution < 1.29 is 19.4 Å². The van der Waals surface area contributed by atoms with Gasteiger partial charge in [-0.05, 0) is 12.0 Å². The van der Waals surface area contributed by atoms with Crippen LogP contribution >= 0.6 is 7.52 Å². The smallest absolute Gasteiger partial charge is 0.321 e. The largest absolute Gasteiger partial charge is 0.480 e. The Morgan fingerprint density at radius 1 is 1.41 bits per heavy atom. The van der Waals surface area contributed by atoms with Crippen LogP contribution in [0.5, 0.6) is 0 Å². The third-order valence-electron chi connectivity index (χ3n) is 2.30. The average Bonchev–Trinajstić information content (AvgIpc) is 2.26. The minimum Gasteiger partial charge on any atom is -0.480 e. The van der Waals surface area contributed by atoms with Gasteiger partial charge in [-0.15, -0.1) is 0 Å². The molecule has 1 rings (SSSR count). The Hall–Kier alpha value is -1.16. The number of aliphatic carboxylic acids is 1. The molecule has 0 radical (unpaired) electrons. The minimum atomic E-state index is -3.67. The summed E-state index contributed by atoms with van der Waals surface area (Å²) >= 11 is 0. The van der Waals surface area contributed by atoms with E-state index in [1.807, 2.05) is 6.07 Å². The predicted octanol–water partition coefficient (Wildman–Crippen LogP) is 1.82. The van der Waals surface area contributed by atoms with Crippen molar-refractivity contribution in [2.75, 3.05) is 0 Å². The fraction of sp³-hybridized carbons (Fsp3) is 0.364. The molecule has 94 valence electrons. The lowest BCUT2D eigenvalue weighted by Gasteiger charge is -2.18.